The Hall–Kier alpha value is -6.35. The van der Waals surface area contributed by atoms with Crippen molar-refractivity contribution in [2.75, 3.05) is 96.3 Å². The number of rotatable bonds is 31. The number of aryl methyl sites for hydroxylation is 2. The highest BCUT2D eigenvalue weighted by Gasteiger charge is 2.44. The lowest BCUT2D eigenvalue weighted by molar-refractivity contribution is -0.144. The van der Waals surface area contributed by atoms with E-state index in [4.69, 9.17) is 40.0 Å². The molecule has 2 saturated heterocycles. The smallest absolute Gasteiger partial charge is 0.248 e. The van der Waals surface area contributed by atoms with Gasteiger partial charge in [0.15, 0.2) is 15.7 Å². The summed E-state index contributed by atoms with van der Waals surface area (Å²) in [6.07, 6.45) is 2.03. The van der Waals surface area contributed by atoms with Crippen LogP contribution in [0.3, 0.4) is 0 Å². The molecule has 3 atom stereocenters. The minimum atomic E-state index is -3.60. The third-order valence-corrected chi connectivity index (χ3v) is 18.2. The molecule has 87 heavy (non-hydrogen) atoms. The van der Waals surface area contributed by atoms with Gasteiger partial charge in [-0.2, -0.15) is 4.98 Å². The number of aliphatic hydroxyl groups excluding tert-OH is 1. The highest BCUT2D eigenvalue weighted by molar-refractivity contribution is 7.92. The molecule has 0 bridgehead atoms. The largest absolute Gasteiger partial charge is 0.489 e. The minimum absolute atomic E-state index is 0.0318. The molecule has 2 aliphatic rings. The molecule has 3 aromatic carbocycles. The number of sulfone groups is 1. The first kappa shape index (κ1) is 68.1. The van der Waals surface area contributed by atoms with E-state index in [0.717, 1.165) is 45.7 Å². The van der Waals surface area contributed by atoms with E-state index >= 15 is 0 Å². The quantitative estimate of drug-likeness (QED) is 0.0264. The van der Waals surface area contributed by atoms with Crippen molar-refractivity contribution >= 4 is 79.5 Å². The van der Waals surface area contributed by atoms with Gasteiger partial charge in [-0.3, -0.25) is 19.2 Å². The number of thiazole rings is 1. The average Bonchev–Trinajstić information content (AvgIpc) is 4.31. The second-order valence-electron chi connectivity index (χ2n) is 23.1. The van der Waals surface area contributed by atoms with E-state index in [1.54, 1.807) is 55.0 Å². The lowest BCUT2D eigenvalue weighted by Gasteiger charge is -2.35. The number of nitrogens with zero attached hydrogens (tertiary/aromatic N) is 5. The number of amides is 4. The molecule has 7 rings (SSSR count). The van der Waals surface area contributed by atoms with Gasteiger partial charge in [-0.1, -0.05) is 68.8 Å². The predicted octanol–water partition coefficient (Wildman–Crippen LogP) is 7.92. The normalized spacial score (nSPS) is 16.1. The van der Waals surface area contributed by atoms with E-state index in [9.17, 15) is 32.7 Å². The first-order valence-electron chi connectivity index (χ1n) is 29.4. The van der Waals surface area contributed by atoms with E-state index in [1.807, 2.05) is 89.8 Å². The summed E-state index contributed by atoms with van der Waals surface area (Å²) in [6, 6.07) is 16.6. The van der Waals surface area contributed by atoms with Crippen LogP contribution < -0.4 is 26.0 Å². The number of para-hydroxylation sites is 1. The average molecular weight is 1260 g/mol. The van der Waals surface area contributed by atoms with Crippen molar-refractivity contribution in [3.8, 4) is 16.2 Å². The Morgan fingerprint density at radius 1 is 0.816 bits per heavy atom. The third-order valence-electron chi connectivity index (χ3n) is 14.7. The number of hydrogen-bond donors (Lipinski definition) is 5. The number of anilines is 4. The van der Waals surface area contributed by atoms with Gasteiger partial charge in [0.2, 0.25) is 29.6 Å². The molecule has 2 fully saturated rings. The number of hydrogen-bond acceptors (Lipinski definition) is 19. The Bertz CT molecular complexity index is 3210. The molecule has 0 aliphatic carbocycles. The molecule has 4 amide bonds. The zero-order chi connectivity index (χ0) is 62.8. The van der Waals surface area contributed by atoms with E-state index in [0.29, 0.717) is 63.2 Å². The van der Waals surface area contributed by atoms with Gasteiger partial charge in [0.25, 0.3) is 0 Å². The first-order valence-corrected chi connectivity index (χ1v) is 32.2. The van der Waals surface area contributed by atoms with E-state index in [2.05, 4.69) is 36.2 Å². The SMILES string of the molecule is Cc1cc(Nc2ncc(Cl)c(Nc3ccccc3S(=O)(=O)C(C)C)n2)c(OC(C)C)cc1C1CCN(C(=O)COCCOCCOCCOCCOCC(=O)N[C@H](C(=O)N2C[C@H](O)C[C@H]2C(=O)NCc2ccc(-c3scnc3C)cc2)C(C)(C)C)CC1. The van der Waals surface area contributed by atoms with E-state index < -0.39 is 50.5 Å². The van der Waals surface area contributed by atoms with Gasteiger partial charge in [-0.25, -0.2) is 18.4 Å². The maximum absolute atomic E-state index is 14.0. The van der Waals surface area contributed by atoms with Crippen LogP contribution in [0.2, 0.25) is 5.02 Å². The summed E-state index contributed by atoms with van der Waals surface area (Å²) < 4.78 is 60.5. The summed E-state index contributed by atoms with van der Waals surface area (Å²) in [5.74, 6) is -0.160. The molecule has 5 N–H and O–H groups in total. The Morgan fingerprint density at radius 2 is 1.45 bits per heavy atom. The molecule has 5 aromatic rings. The lowest BCUT2D eigenvalue weighted by Crippen LogP contribution is -2.58. The molecule has 4 heterocycles. The number of benzene rings is 3. The molecule has 2 aliphatic heterocycles. The fourth-order valence-corrected chi connectivity index (χ4v) is 12.2. The van der Waals surface area contributed by atoms with Crippen molar-refractivity contribution in [3.05, 3.63) is 99.8 Å². The Labute approximate surface area is 519 Å². The van der Waals surface area contributed by atoms with Crippen LogP contribution >= 0.6 is 22.9 Å². The second-order valence-corrected chi connectivity index (χ2v) is 26.9. The molecule has 0 radical (unpaired) electrons. The minimum Gasteiger partial charge on any atom is -0.489 e. The summed E-state index contributed by atoms with van der Waals surface area (Å²) in [5, 5.41) is 22.2. The second kappa shape index (κ2) is 32.2. The van der Waals surface area contributed by atoms with Crippen LogP contribution in [0.4, 0.5) is 23.1 Å². The number of piperidine rings is 1. The van der Waals surface area contributed by atoms with E-state index in [1.165, 1.54) is 11.1 Å². The molecule has 0 spiro atoms. The van der Waals surface area contributed by atoms with Crippen molar-refractivity contribution < 1.29 is 61.1 Å². The zero-order valence-electron chi connectivity index (χ0n) is 51.2. The van der Waals surface area contributed by atoms with E-state index in [-0.39, 0.29) is 98.1 Å². The molecule has 0 unspecified atom stereocenters. The summed E-state index contributed by atoms with van der Waals surface area (Å²) in [7, 11) is -3.60. The number of β-amino-alcohol motifs (C(OH)–C–C–N with tert-alkyl or cyclic N) is 1. The number of aromatic nitrogens is 3. The van der Waals surface area contributed by atoms with Crippen molar-refractivity contribution in [1.29, 1.82) is 0 Å². The lowest BCUT2D eigenvalue weighted by atomic mass is 9.85. The van der Waals surface area contributed by atoms with Crippen LogP contribution in [0.25, 0.3) is 10.4 Å². The van der Waals surface area contributed by atoms with Crippen LogP contribution in [0.5, 0.6) is 5.75 Å². The predicted molar refractivity (Wildman–Crippen MR) is 334 cm³/mol. The molecule has 474 valence electrons. The summed E-state index contributed by atoms with van der Waals surface area (Å²) in [5.41, 5.74) is 7.12. The zero-order valence-corrected chi connectivity index (χ0v) is 53.6. The van der Waals surface area contributed by atoms with Gasteiger partial charge in [0.05, 0.1) is 109 Å². The number of ether oxygens (including phenoxy) is 6. The fourth-order valence-electron chi connectivity index (χ4n) is 10.0. The number of halogens is 1. The highest BCUT2D eigenvalue weighted by Crippen LogP contribution is 2.39. The van der Waals surface area contributed by atoms with Crippen molar-refractivity contribution in [2.24, 2.45) is 5.41 Å². The Balaban J connectivity index is 0.731. The topological polar surface area (TPSA) is 271 Å². The Kier molecular flexibility index (Phi) is 25.2. The van der Waals surface area contributed by atoms with Gasteiger partial charge in [-0.05, 0) is 112 Å². The highest BCUT2D eigenvalue weighted by atomic mass is 35.5. The van der Waals surface area contributed by atoms with Crippen molar-refractivity contribution in [1.82, 2.24) is 35.4 Å². The maximum Gasteiger partial charge on any atom is 0.248 e. The molecule has 0 saturated carbocycles. The van der Waals surface area contributed by atoms with Gasteiger partial charge in [-0.15, -0.1) is 11.3 Å². The summed E-state index contributed by atoms with van der Waals surface area (Å²) >= 11 is 8.08. The standard InChI is InChI=1S/C62H84ClN9O13S2/c1-39(2)85-52-32-47(41(5)30-50(52)68-61-65-34-48(63)58(70-61)67-49-12-10-11-13-53(49)87(78,79)40(3)4)44-18-20-71(21-19-44)55(75)37-84-29-27-82-25-23-80-22-24-81-26-28-83-36-54(74)69-57(62(7,8)9)60(77)72-35-46(73)31-51(72)59(76)64-33-43-14-16-45(17-15-43)56-42(6)66-38-86-56/h10-17,30,32,34,38-40,44,46,51,57,73H,18-29,31,33,35-37H2,1-9H3,(H,64,76)(H,69,74)(H2,65,67,68,70)/t46-,51+,57-/m1/s1. The van der Waals surface area contributed by atoms with Crippen LogP contribution in [-0.4, -0.2) is 177 Å². The number of aliphatic hydroxyl groups is 1. The first-order chi connectivity index (χ1) is 41.5. The molecule has 25 heteroatoms. The molecular formula is C62H84ClN9O13S2. The van der Waals surface area contributed by atoms with Crippen molar-refractivity contribution in [2.45, 2.75) is 128 Å². The third kappa shape index (κ3) is 19.6. The number of nitrogens with one attached hydrogen (secondary N) is 4. The van der Waals surface area contributed by atoms with Crippen LogP contribution in [0.15, 0.2) is 77.3 Å². The van der Waals surface area contributed by atoms with Crippen LogP contribution in [0, 0.1) is 19.3 Å². The molecule has 2 aromatic heterocycles. The van der Waals surface area contributed by atoms with Gasteiger partial charge in [0.1, 0.15) is 36.1 Å². The van der Waals surface area contributed by atoms with Crippen LogP contribution in [0.1, 0.15) is 96.0 Å². The van der Waals surface area contributed by atoms with Gasteiger partial charge in [0, 0.05) is 32.6 Å². The molecule has 22 nitrogen and oxygen atoms in total. The van der Waals surface area contributed by atoms with Crippen molar-refractivity contribution in [3.63, 3.8) is 0 Å². The Morgan fingerprint density at radius 3 is 2.06 bits per heavy atom. The summed E-state index contributed by atoms with van der Waals surface area (Å²) in [6.45, 7) is 19.8. The van der Waals surface area contributed by atoms with Gasteiger partial charge >= 0.3 is 0 Å². The van der Waals surface area contributed by atoms with Crippen LogP contribution in [-0.2, 0) is 59.2 Å². The maximum atomic E-state index is 14.0. The van der Waals surface area contributed by atoms with Gasteiger partial charge < -0.3 is 64.6 Å². The number of likely N-dealkylation sites (tertiary alicyclic amines) is 2. The number of carbonyl (C=O) groups is 4. The fraction of sp³-hybridized carbons (Fsp3) is 0.532. The molecular weight excluding hydrogens is 1180 g/mol. The summed E-state index contributed by atoms with van der Waals surface area (Å²) in [4.78, 5) is 71.3. The number of carbonyl (C=O) groups excluding carboxylic acids is 4. The monoisotopic (exact) mass is 1260 g/mol.